The first-order chi connectivity index (χ1) is 7.90. The number of hydrogen-bond acceptors (Lipinski definition) is 3. The summed E-state index contributed by atoms with van der Waals surface area (Å²) in [5, 5.41) is 21.3. The first kappa shape index (κ1) is 13.7. The van der Waals surface area contributed by atoms with E-state index in [1.54, 1.807) is 26.0 Å². The fourth-order valence-corrected chi connectivity index (χ4v) is 1.69. The molecule has 0 saturated carbocycles. The minimum atomic E-state index is -1.18. The van der Waals surface area contributed by atoms with Crippen LogP contribution in [0.2, 0.25) is 0 Å². The maximum absolute atomic E-state index is 11.4. The molecule has 3 N–H and O–H groups in total. The summed E-state index contributed by atoms with van der Waals surface area (Å²) in [7, 11) is 0. The lowest BCUT2D eigenvalue weighted by Crippen LogP contribution is -2.51. The highest BCUT2D eigenvalue weighted by Gasteiger charge is 2.35. The Labute approximate surface area is 101 Å². The third-order valence-corrected chi connectivity index (χ3v) is 2.87. The van der Waals surface area contributed by atoms with E-state index in [-0.39, 0.29) is 12.6 Å². The van der Waals surface area contributed by atoms with Gasteiger partial charge < -0.3 is 10.2 Å². The van der Waals surface area contributed by atoms with E-state index in [1.807, 2.05) is 19.1 Å². The molecule has 4 nitrogen and oxygen atoms in total. The molecular weight excluding hydrogens is 218 g/mol. The van der Waals surface area contributed by atoms with E-state index >= 15 is 0 Å². The van der Waals surface area contributed by atoms with E-state index in [0.717, 1.165) is 5.56 Å². The summed E-state index contributed by atoms with van der Waals surface area (Å²) in [6, 6.07) is 7.06. The van der Waals surface area contributed by atoms with Crippen LogP contribution in [-0.2, 0) is 10.3 Å². The first-order valence-corrected chi connectivity index (χ1v) is 5.59. The Kier molecular flexibility index (Phi) is 4.26. The molecule has 4 heteroatoms. The summed E-state index contributed by atoms with van der Waals surface area (Å²) in [4.78, 5) is 11.4. The molecule has 0 aliphatic rings. The summed E-state index contributed by atoms with van der Waals surface area (Å²) >= 11 is 0. The number of nitrogens with one attached hydrogen (secondary N) is 1. The monoisotopic (exact) mass is 237 g/mol. The molecule has 0 radical (unpaired) electrons. The molecule has 0 saturated heterocycles. The average molecular weight is 237 g/mol. The predicted molar refractivity (Wildman–Crippen MR) is 65.9 cm³/mol. The Balaban J connectivity index is 3.07. The van der Waals surface area contributed by atoms with E-state index in [2.05, 4.69) is 5.32 Å². The van der Waals surface area contributed by atoms with Crippen LogP contribution in [-0.4, -0.2) is 28.8 Å². The highest BCUT2D eigenvalue weighted by molar-refractivity contribution is 5.80. The molecule has 2 unspecified atom stereocenters. The molecule has 0 spiro atoms. The molecule has 94 valence electrons. The lowest BCUT2D eigenvalue weighted by atomic mass is 9.90. The summed E-state index contributed by atoms with van der Waals surface area (Å²) in [5.74, 6) is -0.957. The van der Waals surface area contributed by atoms with Gasteiger partial charge in [-0.1, -0.05) is 29.8 Å². The van der Waals surface area contributed by atoms with E-state index in [9.17, 15) is 9.90 Å². The Morgan fingerprint density at radius 3 is 2.35 bits per heavy atom. The number of carbonyl (C=O) groups is 1. The third kappa shape index (κ3) is 3.05. The molecule has 0 aliphatic carbocycles. The number of rotatable bonds is 5. The molecule has 0 aliphatic heterocycles. The highest BCUT2D eigenvalue weighted by Crippen LogP contribution is 2.22. The van der Waals surface area contributed by atoms with Gasteiger partial charge in [-0.05, 0) is 26.3 Å². The van der Waals surface area contributed by atoms with Crippen molar-refractivity contribution in [1.29, 1.82) is 0 Å². The average Bonchev–Trinajstić information content (AvgIpc) is 2.29. The number of carboxylic acid groups (broad SMARTS) is 1. The Morgan fingerprint density at radius 1 is 1.41 bits per heavy atom. The van der Waals surface area contributed by atoms with Gasteiger partial charge in [0.15, 0.2) is 0 Å². The molecule has 1 rings (SSSR count). The number of aliphatic hydroxyl groups excluding tert-OH is 1. The molecule has 0 aromatic heterocycles. The highest BCUT2D eigenvalue weighted by atomic mass is 16.4. The van der Waals surface area contributed by atoms with Crippen molar-refractivity contribution in [2.24, 2.45) is 0 Å². The van der Waals surface area contributed by atoms with Gasteiger partial charge in [0.1, 0.15) is 5.54 Å². The Bertz CT molecular complexity index is 388. The number of benzene rings is 1. The van der Waals surface area contributed by atoms with E-state index in [0.29, 0.717) is 5.56 Å². The number of aliphatic hydroxyl groups is 1. The van der Waals surface area contributed by atoms with Crippen molar-refractivity contribution in [2.75, 3.05) is 6.61 Å². The van der Waals surface area contributed by atoms with Gasteiger partial charge in [0.05, 0.1) is 6.61 Å². The minimum absolute atomic E-state index is 0.102. The second-order valence-corrected chi connectivity index (χ2v) is 4.52. The van der Waals surface area contributed by atoms with Crippen molar-refractivity contribution in [2.45, 2.75) is 32.4 Å². The zero-order valence-electron chi connectivity index (χ0n) is 10.4. The number of carboxylic acids is 1. The van der Waals surface area contributed by atoms with Gasteiger partial charge in [-0.25, -0.2) is 4.79 Å². The van der Waals surface area contributed by atoms with Crippen molar-refractivity contribution in [3.63, 3.8) is 0 Å². The fourth-order valence-electron chi connectivity index (χ4n) is 1.69. The zero-order chi connectivity index (χ0) is 13.1. The maximum Gasteiger partial charge on any atom is 0.328 e. The smallest absolute Gasteiger partial charge is 0.328 e. The molecule has 2 atom stereocenters. The van der Waals surface area contributed by atoms with Crippen LogP contribution in [0, 0.1) is 6.92 Å². The Hall–Kier alpha value is -1.39. The molecular formula is C13H19NO3. The number of hydrogen-bond donors (Lipinski definition) is 3. The third-order valence-electron chi connectivity index (χ3n) is 2.87. The van der Waals surface area contributed by atoms with Crippen molar-refractivity contribution >= 4 is 5.97 Å². The van der Waals surface area contributed by atoms with Crippen LogP contribution in [0.25, 0.3) is 0 Å². The summed E-state index contributed by atoms with van der Waals surface area (Å²) < 4.78 is 0. The molecule has 0 amide bonds. The van der Waals surface area contributed by atoms with Gasteiger partial charge in [-0.15, -0.1) is 0 Å². The second-order valence-electron chi connectivity index (χ2n) is 4.52. The number of aliphatic carboxylic acids is 1. The molecule has 0 heterocycles. The van der Waals surface area contributed by atoms with Gasteiger partial charge in [0.2, 0.25) is 0 Å². The fraction of sp³-hybridized carbons (Fsp3) is 0.462. The maximum atomic E-state index is 11.4. The van der Waals surface area contributed by atoms with Crippen LogP contribution in [0.4, 0.5) is 0 Å². The summed E-state index contributed by atoms with van der Waals surface area (Å²) in [6.07, 6.45) is 0. The van der Waals surface area contributed by atoms with Crippen molar-refractivity contribution in [3.8, 4) is 0 Å². The summed E-state index contributed by atoms with van der Waals surface area (Å²) in [6.45, 7) is 5.20. The largest absolute Gasteiger partial charge is 0.480 e. The SMILES string of the molecule is Cc1ccc(C(C)(NC(C)CO)C(=O)O)cc1. The topological polar surface area (TPSA) is 69.6 Å². The predicted octanol–water partition coefficient (Wildman–Crippen LogP) is 1.27. The zero-order valence-corrected chi connectivity index (χ0v) is 10.4. The van der Waals surface area contributed by atoms with Crippen molar-refractivity contribution in [3.05, 3.63) is 35.4 Å². The van der Waals surface area contributed by atoms with E-state index in [1.165, 1.54) is 0 Å². The second kappa shape index (κ2) is 5.29. The van der Waals surface area contributed by atoms with Crippen LogP contribution in [0.3, 0.4) is 0 Å². The van der Waals surface area contributed by atoms with Crippen LogP contribution in [0.5, 0.6) is 0 Å². The molecule has 17 heavy (non-hydrogen) atoms. The van der Waals surface area contributed by atoms with Gasteiger partial charge in [-0.2, -0.15) is 0 Å². The lowest BCUT2D eigenvalue weighted by Gasteiger charge is -2.30. The Morgan fingerprint density at radius 2 is 1.94 bits per heavy atom. The molecule has 1 aromatic rings. The summed E-state index contributed by atoms with van der Waals surface area (Å²) in [5.41, 5.74) is 0.572. The first-order valence-electron chi connectivity index (χ1n) is 5.59. The van der Waals surface area contributed by atoms with Gasteiger partial charge in [0.25, 0.3) is 0 Å². The molecule has 0 fully saturated rings. The van der Waals surface area contributed by atoms with Gasteiger partial charge in [0, 0.05) is 6.04 Å². The van der Waals surface area contributed by atoms with Crippen molar-refractivity contribution < 1.29 is 15.0 Å². The van der Waals surface area contributed by atoms with Crippen molar-refractivity contribution in [1.82, 2.24) is 5.32 Å². The quantitative estimate of drug-likeness (QED) is 0.721. The van der Waals surface area contributed by atoms with E-state index < -0.39 is 11.5 Å². The standard InChI is InChI=1S/C13H19NO3/c1-9-4-6-11(7-5-9)13(3,12(16)17)14-10(2)8-15/h4-7,10,14-15H,8H2,1-3H3,(H,16,17). The van der Waals surface area contributed by atoms with Crippen LogP contribution >= 0.6 is 0 Å². The molecule has 1 aromatic carbocycles. The van der Waals surface area contributed by atoms with Gasteiger partial charge in [-0.3, -0.25) is 5.32 Å². The lowest BCUT2D eigenvalue weighted by molar-refractivity contribution is -0.145. The van der Waals surface area contributed by atoms with Crippen LogP contribution in [0.1, 0.15) is 25.0 Å². The van der Waals surface area contributed by atoms with Gasteiger partial charge >= 0.3 is 5.97 Å². The molecule has 0 bridgehead atoms. The van der Waals surface area contributed by atoms with Crippen LogP contribution in [0.15, 0.2) is 24.3 Å². The normalized spacial score (nSPS) is 16.2. The minimum Gasteiger partial charge on any atom is -0.480 e. The number of aryl methyl sites for hydroxylation is 1. The van der Waals surface area contributed by atoms with Crippen LogP contribution < -0.4 is 5.32 Å². The van der Waals surface area contributed by atoms with E-state index in [4.69, 9.17) is 5.11 Å².